The lowest BCUT2D eigenvalue weighted by molar-refractivity contribution is -0.139. The van der Waals surface area contributed by atoms with E-state index in [2.05, 4.69) is 11.9 Å². The highest BCUT2D eigenvalue weighted by Crippen LogP contribution is 2.41. The molecule has 9 nitrogen and oxygen atoms in total. The van der Waals surface area contributed by atoms with Crippen LogP contribution < -0.4 is 14.2 Å². The van der Waals surface area contributed by atoms with E-state index in [-0.39, 0.29) is 11.3 Å². The summed E-state index contributed by atoms with van der Waals surface area (Å²) >= 11 is 0. The molecule has 1 aromatic heterocycles. The molecule has 39 heavy (non-hydrogen) atoms. The van der Waals surface area contributed by atoms with Gasteiger partial charge in [0.1, 0.15) is 24.7 Å². The lowest BCUT2D eigenvalue weighted by Crippen LogP contribution is -2.31. The van der Waals surface area contributed by atoms with Crippen molar-refractivity contribution in [2.75, 3.05) is 26.4 Å². The lowest BCUT2D eigenvalue weighted by Gasteiger charge is -2.26. The normalized spacial score (nSPS) is 18.0. The molecule has 3 aromatic rings. The van der Waals surface area contributed by atoms with Crippen LogP contribution in [0, 0.1) is 0 Å². The predicted molar refractivity (Wildman–Crippen MR) is 145 cm³/mol. The van der Waals surface area contributed by atoms with Gasteiger partial charge in [-0.2, -0.15) is 0 Å². The quantitative estimate of drug-likeness (QED) is 0.165. The van der Waals surface area contributed by atoms with Gasteiger partial charge in [-0.1, -0.05) is 31.9 Å². The first-order valence-corrected chi connectivity index (χ1v) is 13.4. The maximum Gasteiger partial charge on any atom is 0.295 e. The number of aromatic nitrogens is 2. The standard InChI is InChI=1S/C30H33N3O6/c1-2-3-4-16-37-23-9-6-21(7-10-23)27-26(28(34)22-8-11-24-25(19-22)39-18-17-38-24)29(35)30(36)33(27)14-5-13-32-15-12-31-20-32/h6-12,15,19-20,27,34H,2-5,13-14,16-18H2,1H3/t27-/m0/s1. The number of Topliss-reactive ketones (excluding diaryl/α,β-unsaturated/α-hetero) is 1. The molecule has 2 aliphatic rings. The van der Waals surface area contributed by atoms with Gasteiger partial charge in [-0.15, -0.1) is 0 Å². The lowest BCUT2D eigenvalue weighted by atomic mass is 9.95. The molecule has 9 heteroatoms. The molecule has 2 aliphatic heterocycles. The summed E-state index contributed by atoms with van der Waals surface area (Å²) in [5.74, 6) is 0.190. The van der Waals surface area contributed by atoms with Crippen molar-refractivity contribution in [3.8, 4) is 17.2 Å². The van der Waals surface area contributed by atoms with Crippen molar-refractivity contribution in [3.05, 3.63) is 77.9 Å². The number of carbonyl (C=O) groups is 2. The molecule has 0 radical (unpaired) electrons. The van der Waals surface area contributed by atoms with E-state index >= 15 is 0 Å². The number of benzene rings is 2. The molecule has 2 aromatic carbocycles. The van der Waals surface area contributed by atoms with E-state index in [0.717, 1.165) is 30.6 Å². The Morgan fingerprint density at radius 3 is 2.56 bits per heavy atom. The van der Waals surface area contributed by atoms with Crippen molar-refractivity contribution in [1.29, 1.82) is 0 Å². The number of aliphatic hydroxyl groups excluding tert-OH is 1. The number of hydrogen-bond acceptors (Lipinski definition) is 7. The molecule has 0 unspecified atom stereocenters. The average Bonchev–Trinajstić information content (AvgIpc) is 3.57. The van der Waals surface area contributed by atoms with Gasteiger partial charge in [0.25, 0.3) is 11.7 Å². The molecule has 1 saturated heterocycles. The van der Waals surface area contributed by atoms with Gasteiger partial charge in [-0.25, -0.2) is 4.98 Å². The van der Waals surface area contributed by atoms with Gasteiger partial charge in [0.2, 0.25) is 0 Å². The van der Waals surface area contributed by atoms with E-state index in [1.807, 2.05) is 35.0 Å². The molecule has 0 spiro atoms. The number of amides is 1. The number of imidazole rings is 1. The number of likely N-dealkylation sites (tertiary alicyclic amines) is 1. The second-order valence-corrected chi connectivity index (χ2v) is 9.63. The Morgan fingerprint density at radius 1 is 1.03 bits per heavy atom. The van der Waals surface area contributed by atoms with E-state index in [4.69, 9.17) is 14.2 Å². The largest absolute Gasteiger partial charge is 0.507 e. The minimum absolute atomic E-state index is 0.0518. The van der Waals surface area contributed by atoms with Gasteiger partial charge in [-0.05, 0) is 48.7 Å². The Hall–Kier alpha value is -4.27. The highest BCUT2D eigenvalue weighted by atomic mass is 16.6. The number of aryl methyl sites for hydroxylation is 1. The molecule has 1 atom stereocenters. The molecule has 1 amide bonds. The molecule has 0 bridgehead atoms. The monoisotopic (exact) mass is 531 g/mol. The third kappa shape index (κ3) is 5.77. The molecule has 1 N–H and O–H groups in total. The van der Waals surface area contributed by atoms with Crippen LogP contribution in [-0.4, -0.2) is 57.6 Å². The fourth-order valence-electron chi connectivity index (χ4n) is 4.93. The zero-order chi connectivity index (χ0) is 27.2. The SMILES string of the molecule is CCCCCOc1ccc([C@H]2C(=C(O)c3ccc4c(c3)OCCO4)C(=O)C(=O)N2CCCn2ccnc2)cc1. The number of ether oxygens (including phenoxy) is 3. The Morgan fingerprint density at radius 2 is 1.82 bits per heavy atom. The second-order valence-electron chi connectivity index (χ2n) is 9.63. The van der Waals surface area contributed by atoms with Crippen molar-refractivity contribution >= 4 is 17.4 Å². The summed E-state index contributed by atoms with van der Waals surface area (Å²) in [5.41, 5.74) is 1.16. The van der Waals surface area contributed by atoms with E-state index in [9.17, 15) is 14.7 Å². The molecular weight excluding hydrogens is 498 g/mol. The second kappa shape index (κ2) is 12.1. The van der Waals surface area contributed by atoms with E-state index in [1.165, 1.54) is 0 Å². The fourth-order valence-corrected chi connectivity index (χ4v) is 4.93. The average molecular weight is 532 g/mol. The summed E-state index contributed by atoms with van der Waals surface area (Å²) in [6, 6.07) is 11.7. The predicted octanol–water partition coefficient (Wildman–Crippen LogP) is 4.74. The molecule has 0 saturated carbocycles. The molecular formula is C30H33N3O6. The van der Waals surface area contributed by atoms with E-state index < -0.39 is 17.7 Å². The zero-order valence-corrected chi connectivity index (χ0v) is 22.0. The fraction of sp³-hybridized carbons (Fsp3) is 0.367. The van der Waals surface area contributed by atoms with Crippen LogP contribution in [0.25, 0.3) is 5.76 Å². The zero-order valence-electron chi connectivity index (χ0n) is 22.0. The van der Waals surface area contributed by atoms with E-state index in [1.54, 1.807) is 35.6 Å². The molecule has 204 valence electrons. The first-order chi connectivity index (χ1) is 19.1. The van der Waals surface area contributed by atoms with Gasteiger partial charge in [0, 0.05) is 31.0 Å². The minimum Gasteiger partial charge on any atom is -0.507 e. The number of carbonyl (C=O) groups excluding carboxylic acids is 2. The van der Waals surface area contributed by atoms with Crippen molar-refractivity contribution in [2.45, 2.75) is 45.2 Å². The highest BCUT2D eigenvalue weighted by Gasteiger charge is 2.45. The summed E-state index contributed by atoms with van der Waals surface area (Å²) < 4.78 is 19.0. The van der Waals surface area contributed by atoms with Crippen LogP contribution >= 0.6 is 0 Å². The third-order valence-corrected chi connectivity index (χ3v) is 6.94. The first-order valence-electron chi connectivity index (χ1n) is 13.4. The Labute approximate surface area is 227 Å². The Bertz CT molecular complexity index is 1330. The van der Waals surface area contributed by atoms with Gasteiger partial charge in [0.15, 0.2) is 11.5 Å². The van der Waals surface area contributed by atoms with Gasteiger partial charge >= 0.3 is 0 Å². The van der Waals surface area contributed by atoms with Crippen molar-refractivity contribution in [1.82, 2.24) is 14.5 Å². The molecule has 3 heterocycles. The van der Waals surface area contributed by atoms with Gasteiger partial charge < -0.3 is 28.8 Å². The van der Waals surface area contributed by atoms with Gasteiger partial charge in [-0.3, -0.25) is 9.59 Å². The van der Waals surface area contributed by atoms with Crippen LogP contribution in [-0.2, 0) is 16.1 Å². The van der Waals surface area contributed by atoms with Gasteiger partial charge in [0.05, 0.1) is 24.5 Å². The van der Waals surface area contributed by atoms with Crippen LogP contribution in [0.15, 0.2) is 66.8 Å². The maximum absolute atomic E-state index is 13.4. The van der Waals surface area contributed by atoms with Crippen LogP contribution in [0.2, 0.25) is 0 Å². The summed E-state index contributed by atoms with van der Waals surface area (Å²) in [7, 11) is 0. The molecule has 0 aliphatic carbocycles. The number of nitrogens with zero attached hydrogens (tertiary/aromatic N) is 3. The summed E-state index contributed by atoms with van der Waals surface area (Å²) in [5, 5.41) is 11.4. The smallest absolute Gasteiger partial charge is 0.295 e. The topological polar surface area (TPSA) is 103 Å². The number of rotatable bonds is 11. The molecule has 1 fully saturated rings. The Balaban J connectivity index is 1.46. The number of aliphatic hydroxyl groups is 1. The van der Waals surface area contributed by atoms with Crippen LogP contribution in [0.5, 0.6) is 17.2 Å². The summed E-state index contributed by atoms with van der Waals surface area (Å²) in [4.78, 5) is 32.2. The minimum atomic E-state index is -0.741. The number of fused-ring (bicyclic) bond motifs is 1. The van der Waals surface area contributed by atoms with Crippen molar-refractivity contribution in [3.63, 3.8) is 0 Å². The number of unbranched alkanes of at least 4 members (excludes halogenated alkanes) is 2. The maximum atomic E-state index is 13.4. The summed E-state index contributed by atoms with van der Waals surface area (Å²) in [6.45, 7) is 4.59. The Kier molecular flexibility index (Phi) is 8.15. The van der Waals surface area contributed by atoms with Crippen molar-refractivity contribution in [2.24, 2.45) is 0 Å². The van der Waals surface area contributed by atoms with E-state index in [0.29, 0.717) is 56.4 Å². The van der Waals surface area contributed by atoms with Crippen molar-refractivity contribution < 1.29 is 28.9 Å². The number of hydrogen-bond donors (Lipinski definition) is 1. The number of ketones is 1. The highest BCUT2D eigenvalue weighted by molar-refractivity contribution is 6.46. The van der Waals surface area contributed by atoms with Crippen LogP contribution in [0.1, 0.15) is 49.8 Å². The van der Waals surface area contributed by atoms with Crippen LogP contribution in [0.3, 0.4) is 0 Å². The molecule has 5 rings (SSSR count). The van der Waals surface area contributed by atoms with Crippen LogP contribution in [0.4, 0.5) is 0 Å². The third-order valence-electron chi connectivity index (χ3n) is 6.94. The summed E-state index contributed by atoms with van der Waals surface area (Å²) in [6.07, 6.45) is 9.08. The first kappa shape index (κ1) is 26.3.